The van der Waals surface area contributed by atoms with Crippen LogP contribution in [0.25, 0.3) is 0 Å². The van der Waals surface area contributed by atoms with Crippen LogP contribution in [-0.2, 0) is 16.1 Å². The number of halogens is 4. The van der Waals surface area contributed by atoms with Crippen molar-refractivity contribution in [1.82, 2.24) is 9.80 Å². The minimum atomic E-state index is -2.10. The molecule has 0 bridgehead atoms. The Kier molecular flexibility index (Phi) is 12.3. The first kappa shape index (κ1) is 34.6. The highest BCUT2D eigenvalue weighted by atomic mass is 35.6. The predicted octanol–water partition coefficient (Wildman–Crippen LogP) is 7.66. The number of para-hydroxylation sites is 1. The van der Waals surface area contributed by atoms with Crippen molar-refractivity contribution in [1.29, 1.82) is 0 Å². The van der Waals surface area contributed by atoms with Crippen LogP contribution in [0.2, 0.25) is 5.02 Å². The highest BCUT2D eigenvalue weighted by Gasteiger charge is 2.39. The number of carbonyl (C=O) groups is 2. The summed E-state index contributed by atoms with van der Waals surface area (Å²) in [5, 5.41) is 3.62. The van der Waals surface area contributed by atoms with Gasteiger partial charge in [-0.2, -0.15) is 0 Å². The van der Waals surface area contributed by atoms with Crippen molar-refractivity contribution in [2.75, 3.05) is 56.2 Å². The largest absolute Gasteiger partial charge is 0.492 e. The van der Waals surface area contributed by atoms with Gasteiger partial charge < -0.3 is 19.7 Å². The van der Waals surface area contributed by atoms with E-state index < -0.39 is 9.70 Å². The maximum absolute atomic E-state index is 13.9. The Bertz CT molecular complexity index is 1450. The number of urea groups is 1. The van der Waals surface area contributed by atoms with E-state index in [1.54, 1.807) is 21.9 Å². The highest BCUT2D eigenvalue weighted by molar-refractivity contribution is 6.76. The average Bonchev–Trinajstić information content (AvgIpc) is 3.49. The number of hydrogen-bond acceptors (Lipinski definition) is 5. The minimum Gasteiger partial charge on any atom is -0.492 e. The summed E-state index contributed by atoms with van der Waals surface area (Å²) < 4.78 is 9.47. The van der Waals surface area contributed by atoms with E-state index in [2.05, 4.69) is 10.2 Å². The van der Waals surface area contributed by atoms with Gasteiger partial charge in [0.1, 0.15) is 12.4 Å². The molecule has 1 N–H and O–H groups in total. The van der Waals surface area contributed by atoms with Crippen molar-refractivity contribution in [3.63, 3.8) is 0 Å². The monoisotopic (exact) mass is 706 g/mol. The van der Waals surface area contributed by atoms with E-state index in [-0.39, 0.29) is 24.5 Å². The Labute approximate surface area is 290 Å². The maximum atomic E-state index is 13.9. The molecule has 0 spiro atoms. The summed E-state index contributed by atoms with van der Waals surface area (Å²) in [5.74, 6) is 0.167. The lowest BCUT2D eigenvalue weighted by Gasteiger charge is -2.31. The van der Waals surface area contributed by atoms with E-state index in [9.17, 15) is 9.59 Å². The van der Waals surface area contributed by atoms with Crippen molar-refractivity contribution in [2.45, 2.75) is 35.6 Å². The number of anilines is 2. The zero-order valence-electron chi connectivity index (χ0n) is 25.4. The quantitative estimate of drug-likeness (QED) is 0.207. The second-order valence-corrected chi connectivity index (χ2v) is 14.3. The van der Waals surface area contributed by atoms with Gasteiger partial charge >= 0.3 is 6.03 Å². The molecule has 8 nitrogen and oxygen atoms in total. The molecule has 12 heteroatoms. The fourth-order valence-corrected chi connectivity index (χ4v) is 6.63. The maximum Gasteiger partial charge on any atom is 0.326 e. The number of nitrogens with one attached hydrogen (secondary N) is 1. The number of benzene rings is 3. The average molecular weight is 709 g/mol. The summed E-state index contributed by atoms with van der Waals surface area (Å²) in [5.41, 5.74) is 2.26. The lowest BCUT2D eigenvalue weighted by atomic mass is 10.1. The van der Waals surface area contributed by atoms with Gasteiger partial charge in [-0.25, -0.2) is 4.79 Å². The van der Waals surface area contributed by atoms with Gasteiger partial charge in [0.2, 0.25) is 0 Å². The molecule has 46 heavy (non-hydrogen) atoms. The standard InChI is InChI=1S/C34H38Cl4N4O4/c35-27-7-4-6-25(20-27)23-41(32(43)34(36,37)38)24-26-12-13-30(21-26)42(33(44)39-28-8-2-1-3-9-28)29-10-5-11-31(22-29)46-19-16-40-14-17-45-18-15-40/h1-11,20,22,26,30H,12-19,21,23-24H2,(H,39,44). The lowest BCUT2D eigenvalue weighted by Crippen LogP contribution is -2.43. The first-order valence-corrected chi connectivity index (χ1v) is 17.0. The summed E-state index contributed by atoms with van der Waals surface area (Å²) >= 11 is 24.4. The molecule has 3 aromatic rings. The van der Waals surface area contributed by atoms with Crippen LogP contribution in [0.1, 0.15) is 24.8 Å². The number of amides is 3. The summed E-state index contributed by atoms with van der Waals surface area (Å²) in [6, 6.07) is 23.9. The first-order chi connectivity index (χ1) is 22.2. The van der Waals surface area contributed by atoms with E-state index in [1.165, 1.54) is 0 Å². The fraction of sp³-hybridized carbons (Fsp3) is 0.412. The molecule has 2 aliphatic rings. The van der Waals surface area contributed by atoms with Crippen LogP contribution in [0.15, 0.2) is 78.9 Å². The van der Waals surface area contributed by atoms with E-state index in [0.29, 0.717) is 36.0 Å². The molecule has 246 valence electrons. The Hall–Kier alpha value is -2.72. The third-order valence-corrected chi connectivity index (χ3v) is 8.99. The molecule has 0 radical (unpaired) electrons. The molecule has 1 saturated heterocycles. The number of rotatable bonds is 11. The van der Waals surface area contributed by atoms with Crippen molar-refractivity contribution in [3.8, 4) is 5.75 Å². The molecule has 3 amide bonds. The lowest BCUT2D eigenvalue weighted by molar-refractivity contribution is -0.131. The molecule has 1 aliphatic heterocycles. The number of nitrogens with zero attached hydrogens (tertiary/aromatic N) is 3. The number of morpholine rings is 1. The summed E-state index contributed by atoms with van der Waals surface area (Å²) in [4.78, 5) is 32.8. The second kappa shape index (κ2) is 16.4. The van der Waals surface area contributed by atoms with Crippen LogP contribution in [0.4, 0.5) is 16.2 Å². The molecule has 1 heterocycles. The van der Waals surface area contributed by atoms with Gasteiger partial charge in [-0.15, -0.1) is 0 Å². The van der Waals surface area contributed by atoms with Crippen molar-refractivity contribution < 1.29 is 19.1 Å². The van der Waals surface area contributed by atoms with Gasteiger partial charge in [-0.05, 0) is 67.1 Å². The molecule has 2 unspecified atom stereocenters. The van der Waals surface area contributed by atoms with Crippen LogP contribution >= 0.6 is 46.4 Å². The SMILES string of the molecule is O=C(Nc1ccccc1)N(c1cccc(OCCN2CCOCC2)c1)C1CCC(CN(Cc2cccc(Cl)c2)C(=O)C(Cl)(Cl)Cl)C1. The second-order valence-electron chi connectivity index (χ2n) is 11.6. The van der Waals surface area contributed by atoms with Crippen LogP contribution < -0.4 is 15.0 Å². The third-order valence-electron chi connectivity index (χ3n) is 8.27. The van der Waals surface area contributed by atoms with E-state index in [4.69, 9.17) is 55.9 Å². The Morgan fingerprint density at radius 3 is 2.46 bits per heavy atom. The van der Waals surface area contributed by atoms with Crippen molar-refractivity contribution in [3.05, 3.63) is 89.4 Å². The van der Waals surface area contributed by atoms with Crippen molar-refractivity contribution >= 4 is 69.7 Å². The molecule has 0 aromatic heterocycles. The molecule has 1 aliphatic carbocycles. The summed E-state index contributed by atoms with van der Waals surface area (Å²) in [6.07, 6.45) is 2.18. The normalized spacial score (nSPS) is 18.6. The number of hydrogen-bond donors (Lipinski definition) is 1. The molecule has 3 aromatic carbocycles. The van der Waals surface area contributed by atoms with Gasteiger partial charge in [0.25, 0.3) is 9.70 Å². The zero-order valence-corrected chi connectivity index (χ0v) is 28.4. The molecule has 5 rings (SSSR count). The van der Waals surface area contributed by atoms with Crippen LogP contribution in [0.5, 0.6) is 5.75 Å². The summed E-state index contributed by atoms with van der Waals surface area (Å²) in [6.45, 7) is 5.21. The zero-order chi connectivity index (χ0) is 32.5. The Morgan fingerprint density at radius 1 is 0.957 bits per heavy atom. The van der Waals surface area contributed by atoms with E-state index >= 15 is 0 Å². The van der Waals surface area contributed by atoms with Crippen LogP contribution in [-0.4, -0.2) is 77.6 Å². The van der Waals surface area contributed by atoms with Crippen LogP contribution in [0.3, 0.4) is 0 Å². The Morgan fingerprint density at radius 2 is 1.72 bits per heavy atom. The molecule has 2 fully saturated rings. The number of ether oxygens (including phenoxy) is 2. The number of alkyl halides is 3. The predicted molar refractivity (Wildman–Crippen MR) is 185 cm³/mol. The van der Waals surface area contributed by atoms with Crippen molar-refractivity contribution in [2.24, 2.45) is 5.92 Å². The Balaban J connectivity index is 1.32. The fourth-order valence-electron chi connectivity index (χ4n) is 6.05. The van der Waals surface area contributed by atoms with Gasteiger partial charge in [0, 0.05) is 61.2 Å². The highest BCUT2D eigenvalue weighted by Crippen LogP contribution is 2.36. The molecular formula is C34H38Cl4N4O4. The van der Waals surface area contributed by atoms with E-state index in [1.807, 2.05) is 66.7 Å². The third kappa shape index (κ3) is 9.89. The molecular weight excluding hydrogens is 670 g/mol. The van der Waals surface area contributed by atoms with Gasteiger partial charge in [0.15, 0.2) is 0 Å². The minimum absolute atomic E-state index is 0.0699. The molecule has 1 saturated carbocycles. The van der Waals surface area contributed by atoms with Gasteiger partial charge in [0.05, 0.1) is 13.2 Å². The van der Waals surface area contributed by atoms with Crippen LogP contribution in [0, 0.1) is 5.92 Å². The molecule has 2 atom stereocenters. The smallest absolute Gasteiger partial charge is 0.326 e. The first-order valence-electron chi connectivity index (χ1n) is 15.4. The topological polar surface area (TPSA) is 74.4 Å². The van der Waals surface area contributed by atoms with Gasteiger partial charge in [-0.1, -0.05) is 82.8 Å². The van der Waals surface area contributed by atoms with E-state index in [0.717, 1.165) is 56.9 Å². The summed E-state index contributed by atoms with van der Waals surface area (Å²) in [7, 11) is 0. The van der Waals surface area contributed by atoms with Gasteiger partial charge in [-0.3, -0.25) is 14.6 Å². The number of carbonyl (C=O) groups excluding carboxylic acids is 2.